The van der Waals surface area contributed by atoms with Gasteiger partial charge in [0.1, 0.15) is 6.33 Å². The molecular weight excluding hydrogens is 212 g/mol. The third-order valence-electron chi connectivity index (χ3n) is 2.98. The minimum atomic E-state index is 0.873. The summed E-state index contributed by atoms with van der Waals surface area (Å²) in [5.74, 6) is 0. The molecule has 2 aromatic rings. The van der Waals surface area contributed by atoms with Crippen molar-refractivity contribution in [1.29, 1.82) is 0 Å². The SMILES string of the molecule is Cc1cccc(CN2Cc3cncnc3C2)n1. The summed E-state index contributed by atoms with van der Waals surface area (Å²) >= 11 is 0. The van der Waals surface area contributed by atoms with Crippen molar-refractivity contribution in [3.8, 4) is 0 Å². The zero-order chi connectivity index (χ0) is 11.7. The summed E-state index contributed by atoms with van der Waals surface area (Å²) in [6, 6.07) is 6.15. The van der Waals surface area contributed by atoms with Gasteiger partial charge in [-0.2, -0.15) is 0 Å². The average Bonchev–Trinajstić information content (AvgIpc) is 2.71. The Morgan fingerprint density at radius 2 is 2.24 bits per heavy atom. The molecule has 4 heteroatoms. The van der Waals surface area contributed by atoms with Crippen molar-refractivity contribution in [2.75, 3.05) is 0 Å². The first kappa shape index (κ1) is 10.4. The Kier molecular flexibility index (Phi) is 2.57. The van der Waals surface area contributed by atoms with Crippen molar-refractivity contribution in [3.63, 3.8) is 0 Å². The average molecular weight is 226 g/mol. The van der Waals surface area contributed by atoms with Crippen LogP contribution in [0, 0.1) is 6.92 Å². The summed E-state index contributed by atoms with van der Waals surface area (Å²) < 4.78 is 0. The van der Waals surface area contributed by atoms with Crippen molar-refractivity contribution in [3.05, 3.63) is 53.4 Å². The van der Waals surface area contributed by atoms with Gasteiger partial charge in [-0.15, -0.1) is 0 Å². The molecular formula is C13H14N4. The summed E-state index contributed by atoms with van der Waals surface area (Å²) in [5, 5.41) is 0. The van der Waals surface area contributed by atoms with E-state index in [1.165, 1.54) is 5.56 Å². The monoisotopic (exact) mass is 226 g/mol. The smallest absolute Gasteiger partial charge is 0.115 e. The van der Waals surface area contributed by atoms with Gasteiger partial charge in [0, 0.05) is 37.1 Å². The maximum absolute atomic E-state index is 4.52. The lowest BCUT2D eigenvalue weighted by Crippen LogP contribution is -2.16. The number of hydrogen-bond acceptors (Lipinski definition) is 4. The van der Waals surface area contributed by atoms with E-state index in [4.69, 9.17) is 0 Å². The highest BCUT2D eigenvalue weighted by molar-refractivity contribution is 5.20. The highest BCUT2D eigenvalue weighted by atomic mass is 15.2. The van der Waals surface area contributed by atoms with Crippen LogP contribution in [-0.2, 0) is 19.6 Å². The van der Waals surface area contributed by atoms with Gasteiger partial charge >= 0.3 is 0 Å². The quantitative estimate of drug-likeness (QED) is 0.781. The van der Waals surface area contributed by atoms with E-state index >= 15 is 0 Å². The fraction of sp³-hybridized carbons (Fsp3) is 0.308. The Morgan fingerprint density at radius 1 is 1.29 bits per heavy atom. The van der Waals surface area contributed by atoms with Crippen LogP contribution >= 0.6 is 0 Å². The maximum atomic E-state index is 4.52. The largest absolute Gasteiger partial charge is 0.287 e. The predicted octanol–water partition coefficient (Wildman–Crippen LogP) is 1.70. The van der Waals surface area contributed by atoms with Crippen LogP contribution in [0.3, 0.4) is 0 Å². The molecule has 0 aromatic carbocycles. The first-order valence-corrected chi connectivity index (χ1v) is 5.74. The topological polar surface area (TPSA) is 41.9 Å². The second-order valence-electron chi connectivity index (χ2n) is 4.41. The van der Waals surface area contributed by atoms with Crippen molar-refractivity contribution in [2.45, 2.75) is 26.6 Å². The van der Waals surface area contributed by atoms with E-state index in [0.29, 0.717) is 0 Å². The number of hydrogen-bond donors (Lipinski definition) is 0. The number of rotatable bonds is 2. The third-order valence-corrected chi connectivity index (χ3v) is 2.98. The van der Waals surface area contributed by atoms with Crippen LogP contribution in [0.15, 0.2) is 30.7 Å². The lowest BCUT2D eigenvalue weighted by atomic mass is 10.3. The number of aryl methyl sites for hydroxylation is 1. The predicted molar refractivity (Wildman–Crippen MR) is 64.0 cm³/mol. The molecule has 3 heterocycles. The molecule has 0 unspecified atom stereocenters. The van der Waals surface area contributed by atoms with Crippen molar-refractivity contribution in [2.24, 2.45) is 0 Å². The third kappa shape index (κ3) is 2.17. The van der Waals surface area contributed by atoms with Crippen LogP contribution < -0.4 is 0 Å². The molecule has 0 saturated heterocycles. The normalized spacial score (nSPS) is 14.9. The molecule has 4 nitrogen and oxygen atoms in total. The highest BCUT2D eigenvalue weighted by Crippen LogP contribution is 2.20. The Bertz CT molecular complexity index is 513. The molecule has 0 spiro atoms. The van der Waals surface area contributed by atoms with Gasteiger partial charge in [0.05, 0.1) is 11.4 Å². The van der Waals surface area contributed by atoms with Crippen molar-refractivity contribution < 1.29 is 0 Å². The van der Waals surface area contributed by atoms with Gasteiger partial charge in [0.2, 0.25) is 0 Å². The minimum absolute atomic E-state index is 0.873. The molecule has 0 amide bonds. The first-order chi connectivity index (χ1) is 8.31. The molecule has 3 rings (SSSR count). The van der Waals surface area contributed by atoms with E-state index in [0.717, 1.165) is 36.7 Å². The van der Waals surface area contributed by atoms with Gasteiger partial charge in [-0.1, -0.05) is 6.07 Å². The summed E-state index contributed by atoms with van der Waals surface area (Å²) in [6.07, 6.45) is 3.53. The molecule has 0 bridgehead atoms. The molecule has 17 heavy (non-hydrogen) atoms. The van der Waals surface area contributed by atoms with E-state index in [9.17, 15) is 0 Å². The van der Waals surface area contributed by atoms with Crippen LogP contribution in [0.4, 0.5) is 0 Å². The van der Waals surface area contributed by atoms with Gasteiger partial charge < -0.3 is 0 Å². The molecule has 0 N–H and O–H groups in total. The van der Waals surface area contributed by atoms with Crippen molar-refractivity contribution >= 4 is 0 Å². The van der Waals surface area contributed by atoms with Crippen molar-refractivity contribution in [1.82, 2.24) is 19.9 Å². The molecule has 0 aliphatic carbocycles. The number of nitrogens with zero attached hydrogens (tertiary/aromatic N) is 4. The molecule has 1 aliphatic heterocycles. The molecule has 1 aliphatic rings. The van der Waals surface area contributed by atoms with E-state index in [-0.39, 0.29) is 0 Å². The minimum Gasteiger partial charge on any atom is -0.287 e. The maximum Gasteiger partial charge on any atom is 0.115 e. The fourth-order valence-electron chi connectivity index (χ4n) is 2.20. The van der Waals surface area contributed by atoms with Crippen LogP contribution in [0.5, 0.6) is 0 Å². The Hall–Kier alpha value is -1.81. The van der Waals surface area contributed by atoms with E-state index < -0.39 is 0 Å². The van der Waals surface area contributed by atoms with Crippen LogP contribution in [-0.4, -0.2) is 19.9 Å². The standard InChI is InChI=1S/C13H14N4/c1-10-3-2-4-12(16-10)7-17-6-11-5-14-9-15-13(11)8-17/h2-5,9H,6-8H2,1H3. The Morgan fingerprint density at radius 3 is 3.06 bits per heavy atom. The molecule has 2 aromatic heterocycles. The second kappa shape index (κ2) is 4.22. The number of aromatic nitrogens is 3. The van der Waals surface area contributed by atoms with Gasteiger partial charge in [-0.05, 0) is 19.1 Å². The zero-order valence-corrected chi connectivity index (χ0v) is 9.80. The summed E-state index contributed by atoms with van der Waals surface area (Å²) in [7, 11) is 0. The molecule has 0 radical (unpaired) electrons. The molecule has 86 valence electrons. The highest BCUT2D eigenvalue weighted by Gasteiger charge is 2.20. The summed E-state index contributed by atoms with van der Waals surface area (Å²) in [6.45, 7) is 4.71. The van der Waals surface area contributed by atoms with E-state index in [1.807, 2.05) is 19.2 Å². The lowest BCUT2D eigenvalue weighted by molar-refractivity contribution is 0.270. The van der Waals surface area contributed by atoms with E-state index in [2.05, 4.69) is 32.0 Å². The van der Waals surface area contributed by atoms with Crippen LogP contribution in [0.2, 0.25) is 0 Å². The molecule has 0 atom stereocenters. The summed E-state index contributed by atoms with van der Waals surface area (Å²) in [4.78, 5) is 15.2. The summed E-state index contributed by atoms with van der Waals surface area (Å²) in [5.41, 5.74) is 4.57. The van der Waals surface area contributed by atoms with E-state index in [1.54, 1.807) is 6.33 Å². The Labute approximate surface area is 100 Å². The first-order valence-electron chi connectivity index (χ1n) is 5.74. The fourth-order valence-corrected chi connectivity index (χ4v) is 2.20. The molecule has 0 fully saturated rings. The zero-order valence-electron chi connectivity index (χ0n) is 9.80. The number of pyridine rings is 1. The van der Waals surface area contributed by atoms with Gasteiger partial charge in [-0.25, -0.2) is 9.97 Å². The molecule has 0 saturated carbocycles. The second-order valence-corrected chi connectivity index (χ2v) is 4.41. The van der Waals surface area contributed by atoms with Crippen LogP contribution in [0.1, 0.15) is 22.6 Å². The van der Waals surface area contributed by atoms with Gasteiger partial charge in [-0.3, -0.25) is 9.88 Å². The van der Waals surface area contributed by atoms with Gasteiger partial charge in [0.25, 0.3) is 0 Å². The van der Waals surface area contributed by atoms with Crippen LogP contribution in [0.25, 0.3) is 0 Å². The lowest BCUT2D eigenvalue weighted by Gasteiger charge is -2.13. The van der Waals surface area contributed by atoms with Gasteiger partial charge in [0.15, 0.2) is 0 Å². The number of fused-ring (bicyclic) bond motifs is 1. The Balaban J connectivity index is 1.74.